The molecule has 1 aliphatic rings. The number of piperidine rings is 1. The van der Waals surface area contributed by atoms with Crippen LogP contribution in [0.4, 0.5) is 0 Å². The lowest BCUT2D eigenvalue weighted by Gasteiger charge is -2.32. The van der Waals surface area contributed by atoms with E-state index in [-0.39, 0.29) is 0 Å². The Morgan fingerprint density at radius 3 is 3.00 bits per heavy atom. The third kappa shape index (κ3) is 3.67. The van der Waals surface area contributed by atoms with Crippen molar-refractivity contribution in [3.63, 3.8) is 0 Å². The molecule has 4 rings (SSSR count). The zero-order valence-electron chi connectivity index (χ0n) is 15.3. The number of aromatic nitrogens is 5. The fourth-order valence-electron chi connectivity index (χ4n) is 3.86. The number of aromatic amines is 1. The van der Waals surface area contributed by atoms with E-state index in [1.165, 1.54) is 18.5 Å². The molecule has 136 valence electrons. The molecule has 1 N–H and O–H groups in total. The number of rotatable bonds is 5. The van der Waals surface area contributed by atoms with Crippen LogP contribution in [-0.4, -0.2) is 43.1 Å². The number of nitrogens with zero attached hydrogens (tertiary/aromatic N) is 5. The average Bonchev–Trinajstić information content (AvgIpc) is 3.25. The Kier molecular flexibility index (Phi) is 4.79. The lowest BCUT2D eigenvalue weighted by Crippen LogP contribution is -2.35. The molecule has 0 unspecified atom stereocenters. The highest BCUT2D eigenvalue weighted by Gasteiger charge is 2.22. The zero-order valence-corrected chi connectivity index (χ0v) is 15.3. The van der Waals surface area contributed by atoms with Crippen molar-refractivity contribution in [1.82, 2.24) is 30.0 Å². The van der Waals surface area contributed by atoms with E-state index in [1.54, 1.807) is 12.7 Å². The molecule has 0 bridgehead atoms. The predicted molar refractivity (Wildman–Crippen MR) is 97.3 cm³/mol. The van der Waals surface area contributed by atoms with Crippen molar-refractivity contribution in [3.05, 3.63) is 47.8 Å². The van der Waals surface area contributed by atoms with Crippen molar-refractivity contribution in [2.45, 2.75) is 39.7 Å². The van der Waals surface area contributed by atoms with E-state index < -0.39 is 0 Å². The highest BCUT2D eigenvalue weighted by Crippen LogP contribution is 2.27. The first-order valence-electron chi connectivity index (χ1n) is 9.13. The van der Waals surface area contributed by atoms with Crippen LogP contribution in [0.25, 0.3) is 11.3 Å². The van der Waals surface area contributed by atoms with Gasteiger partial charge in [-0.1, -0.05) is 5.16 Å². The molecule has 0 saturated carbocycles. The molecular formula is C19H24N6O. The Labute approximate surface area is 152 Å². The molecule has 7 nitrogen and oxygen atoms in total. The van der Waals surface area contributed by atoms with Gasteiger partial charge in [0.1, 0.15) is 12.1 Å². The Morgan fingerprint density at radius 2 is 2.23 bits per heavy atom. The highest BCUT2D eigenvalue weighted by molar-refractivity contribution is 5.63. The van der Waals surface area contributed by atoms with Crippen LogP contribution < -0.4 is 0 Å². The standard InChI is InChI=1S/C19H24N6O/c1-13-19(14(2)26-24-13)18-7-16(22-12-23-18)6-15-4-3-5-25(9-15)10-17-8-20-11-21-17/h7-8,11-12,15H,3-6,9-10H2,1-2H3,(H,20,21)/t15-/m1/s1. The van der Waals surface area contributed by atoms with E-state index in [0.29, 0.717) is 5.92 Å². The number of H-pyrrole nitrogens is 1. The van der Waals surface area contributed by atoms with E-state index in [4.69, 9.17) is 4.52 Å². The Hall–Kier alpha value is -2.54. The molecule has 3 aromatic rings. The van der Waals surface area contributed by atoms with Crippen molar-refractivity contribution >= 4 is 0 Å². The largest absolute Gasteiger partial charge is 0.361 e. The minimum absolute atomic E-state index is 0.610. The summed E-state index contributed by atoms with van der Waals surface area (Å²) in [5, 5.41) is 4.03. The number of nitrogens with one attached hydrogen (secondary N) is 1. The Balaban J connectivity index is 1.44. The van der Waals surface area contributed by atoms with Gasteiger partial charge in [0.15, 0.2) is 0 Å². The molecule has 0 amide bonds. The summed E-state index contributed by atoms with van der Waals surface area (Å²) in [5.41, 5.74) is 5.02. The Morgan fingerprint density at radius 1 is 1.31 bits per heavy atom. The summed E-state index contributed by atoms with van der Waals surface area (Å²) in [6, 6.07) is 2.08. The number of likely N-dealkylation sites (tertiary alicyclic amines) is 1. The van der Waals surface area contributed by atoms with Crippen LogP contribution in [0, 0.1) is 19.8 Å². The van der Waals surface area contributed by atoms with Gasteiger partial charge in [-0.2, -0.15) is 0 Å². The molecular weight excluding hydrogens is 328 g/mol. The second-order valence-corrected chi connectivity index (χ2v) is 7.12. The molecule has 0 radical (unpaired) electrons. The van der Waals surface area contributed by atoms with E-state index in [9.17, 15) is 0 Å². The van der Waals surface area contributed by atoms with Crippen LogP contribution in [0.2, 0.25) is 0 Å². The van der Waals surface area contributed by atoms with Crippen LogP contribution in [0.3, 0.4) is 0 Å². The van der Waals surface area contributed by atoms with Gasteiger partial charge in [-0.25, -0.2) is 15.0 Å². The molecule has 7 heteroatoms. The Bertz CT molecular complexity index is 837. The molecule has 1 aliphatic heterocycles. The van der Waals surface area contributed by atoms with Gasteiger partial charge >= 0.3 is 0 Å². The molecule has 26 heavy (non-hydrogen) atoms. The van der Waals surface area contributed by atoms with Crippen LogP contribution in [0.15, 0.2) is 29.4 Å². The molecule has 3 aromatic heterocycles. The lowest BCUT2D eigenvalue weighted by molar-refractivity contribution is 0.165. The van der Waals surface area contributed by atoms with Gasteiger partial charge in [-0.15, -0.1) is 0 Å². The topological polar surface area (TPSA) is 83.7 Å². The molecule has 0 spiro atoms. The van der Waals surface area contributed by atoms with Crippen LogP contribution in [0.5, 0.6) is 0 Å². The molecule has 0 aromatic carbocycles. The fourth-order valence-corrected chi connectivity index (χ4v) is 3.86. The monoisotopic (exact) mass is 352 g/mol. The number of imidazole rings is 1. The second kappa shape index (κ2) is 7.37. The lowest BCUT2D eigenvalue weighted by atomic mass is 9.92. The summed E-state index contributed by atoms with van der Waals surface area (Å²) >= 11 is 0. The first-order chi connectivity index (χ1) is 12.7. The van der Waals surface area contributed by atoms with Gasteiger partial charge in [0.25, 0.3) is 0 Å². The highest BCUT2D eigenvalue weighted by atomic mass is 16.5. The summed E-state index contributed by atoms with van der Waals surface area (Å²) in [5.74, 6) is 1.41. The van der Waals surface area contributed by atoms with Crippen LogP contribution >= 0.6 is 0 Å². The van der Waals surface area contributed by atoms with Crippen molar-refractivity contribution in [2.75, 3.05) is 13.1 Å². The summed E-state index contributed by atoms with van der Waals surface area (Å²) in [6.07, 6.45) is 8.74. The molecule has 4 heterocycles. The number of hydrogen-bond acceptors (Lipinski definition) is 6. The molecule has 0 aliphatic carbocycles. The van der Waals surface area contributed by atoms with Crippen molar-refractivity contribution in [3.8, 4) is 11.3 Å². The normalized spacial score (nSPS) is 18.3. The van der Waals surface area contributed by atoms with Gasteiger partial charge in [0.2, 0.25) is 0 Å². The number of hydrogen-bond donors (Lipinski definition) is 1. The van der Waals surface area contributed by atoms with Gasteiger partial charge in [-0.05, 0) is 51.6 Å². The minimum Gasteiger partial charge on any atom is -0.361 e. The predicted octanol–water partition coefficient (Wildman–Crippen LogP) is 2.93. The maximum atomic E-state index is 5.28. The van der Waals surface area contributed by atoms with Gasteiger partial charge in [-0.3, -0.25) is 4.90 Å². The minimum atomic E-state index is 0.610. The van der Waals surface area contributed by atoms with Crippen molar-refractivity contribution in [1.29, 1.82) is 0 Å². The van der Waals surface area contributed by atoms with E-state index in [0.717, 1.165) is 54.5 Å². The number of aryl methyl sites for hydroxylation is 2. The smallest absolute Gasteiger partial charge is 0.143 e. The molecule has 1 fully saturated rings. The SMILES string of the molecule is Cc1noc(C)c1-c1cc(C[C@H]2CCCN(Cc3cnc[nH]3)C2)ncn1. The zero-order chi connectivity index (χ0) is 17.9. The van der Waals surface area contributed by atoms with Crippen LogP contribution in [0.1, 0.15) is 35.7 Å². The van der Waals surface area contributed by atoms with E-state index >= 15 is 0 Å². The average molecular weight is 352 g/mol. The second-order valence-electron chi connectivity index (χ2n) is 7.12. The first kappa shape index (κ1) is 16.9. The maximum absolute atomic E-state index is 5.28. The van der Waals surface area contributed by atoms with E-state index in [1.807, 2.05) is 20.0 Å². The van der Waals surface area contributed by atoms with E-state index in [2.05, 4.69) is 36.1 Å². The third-order valence-electron chi connectivity index (χ3n) is 5.06. The van der Waals surface area contributed by atoms with Gasteiger partial charge in [0.05, 0.1) is 23.3 Å². The summed E-state index contributed by atoms with van der Waals surface area (Å²) in [4.78, 5) is 18.7. The van der Waals surface area contributed by atoms with Gasteiger partial charge < -0.3 is 9.51 Å². The fraction of sp³-hybridized carbons (Fsp3) is 0.474. The quantitative estimate of drug-likeness (QED) is 0.760. The first-order valence-corrected chi connectivity index (χ1v) is 9.13. The summed E-state index contributed by atoms with van der Waals surface area (Å²) in [6.45, 7) is 7.03. The summed E-state index contributed by atoms with van der Waals surface area (Å²) < 4.78 is 5.28. The maximum Gasteiger partial charge on any atom is 0.143 e. The molecule has 1 atom stereocenters. The van der Waals surface area contributed by atoms with Gasteiger partial charge in [0, 0.05) is 30.7 Å². The summed E-state index contributed by atoms with van der Waals surface area (Å²) in [7, 11) is 0. The van der Waals surface area contributed by atoms with Crippen LogP contribution in [-0.2, 0) is 13.0 Å². The van der Waals surface area contributed by atoms with Crippen molar-refractivity contribution < 1.29 is 4.52 Å². The van der Waals surface area contributed by atoms with Crippen molar-refractivity contribution in [2.24, 2.45) is 5.92 Å². The molecule has 1 saturated heterocycles. The third-order valence-corrected chi connectivity index (χ3v) is 5.06.